The standard InChI is InChI=1S/C15H24O/c1-11(10-12(2)16)13-6-8-14(9-7-13)15(3,4)5/h6-9,11-12,16H,10H2,1-5H3. The number of benzene rings is 1. The van der Waals surface area contributed by atoms with Gasteiger partial charge in [0.25, 0.3) is 0 Å². The van der Waals surface area contributed by atoms with Crippen LogP contribution < -0.4 is 0 Å². The topological polar surface area (TPSA) is 20.2 Å². The molecule has 0 heterocycles. The van der Waals surface area contributed by atoms with Crippen molar-refractivity contribution in [2.24, 2.45) is 0 Å². The lowest BCUT2D eigenvalue weighted by molar-refractivity contribution is 0.176. The van der Waals surface area contributed by atoms with E-state index in [0.29, 0.717) is 5.92 Å². The molecule has 0 spiro atoms. The van der Waals surface area contributed by atoms with Crippen molar-refractivity contribution in [2.45, 2.75) is 58.5 Å². The third-order valence-corrected chi connectivity index (χ3v) is 3.04. The minimum atomic E-state index is -0.225. The molecule has 0 saturated carbocycles. The van der Waals surface area contributed by atoms with Gasteiger partial charge in [-0.15, -0.1) is 0 Å². The molecule has 0 aliphatic heterocycles. The first-order valence-corrected chi connectivity index (χ1v) is 6.09. The highest BCUT2D eigenvalue weighted by Gasteiger charge is 2.14. The van der Waals surface area contributed by atoms with Gasteiger partial charge in [0, 0.05) is 0 Å². The van der Waals surface area contributed by atoms with E-state index in [1.165, 1.54) is 11.1 Å². The van der Waals surface area contributed by atoms with Crippen molar-refractivity contribution in [1.29, 1.82) is 0 Å². The summed E-state index contributed by atoms with van der Waals surface area (Å²) in [7, 11) is 0. The number of rotatable bonds is 3. The molecule has 1 N–H and O–H groups in total. The summed E-state index contributed by atoms with van der Waals surface area (Å²) in [6.07, 6.45) is 0.604. The molecule has 2 unspecified atom stereocenters. The van der Waals surface area contributed by atoms with Gasteiger partial charge in [-0.2, -0.15) is 0 Å². The van der Waals surface area contributed by atoms with Crippen molar-refractivity contribution in [3.63, 3.8) is 0 Å². The molecule has 1 nitrogen and oxygen atoms in total. The Bertz CT molecular complexity index is 316. The molecule has 0 fully saturated rings. The van der Waals surface area contributed by atoms with E-state index in [0.717, 1.165) is 6.42 Å². The summed E-state index contributed by atoms with van der Waals surface area (Å²) in [5.41, 5.74) is 2.89. The van der Waals surface area contributed by atoms with E-state index in [2.05, 4.69) is 52.0 Å². The second kappa shape index (κ2) is 5.01. The van der Waals surface area contributed by atoms with Gasteiger partial charge in [0.1, 0.15) is 0 Å². The molecule has 0 bridgehead atoms. The average Bonchev–Trinajstić information content (AvgIpc) is 2.15. The van der Waals surface area contributed by atoms with Crippen molar-refractivity contribution in [3.8, 4) is 0 Å². The molecule has 0 amide bonds. The third-order valence-electron chi connectivity index (χ3n) is 3.04. The van der Waals surface area contributed by atoms with Crippen LogP contribution >= 0.6 is 0 Å². The molecule has 0 saturated heterocycles. The number of aliphatic hydroxyl groups excluding tert-OH is 1. The number of hydrogen-bond donors (Lipinski definition) is 1. The van der Waals surface area contributed by atoms with E-state index in [4.69, 9.17) is 0 Å². The molecule has 0 radical (unpaired) electrons. The quantitative estimate of drug-likeness (QED) is 0.820. The van der Waals surface area contributed by atoms with Crippen LogP contribution in [-0.2, 0) is 5.41 Å². The van der Waals surface area contributed by atoms with Gasteiger partial charge in [-0.1, -0.05) is 52.0 Å². The van der Waals surface area contributed by atoms with Crippen molar-refractivity contribution < 1.29 is 5.11 Å². The monoisotopic (exact) mass is 220 g/mol. The maximum atomic E-state index is 9.37. The molecule has 16 heavy (non-hydrogen) atoms. The van der Waals surface area contributed by atoms with Crippen LogP contribution in [0.15, 0.2) is 24.3 Å². The van der Waals surface area contributed by atoms with Crippen LogP contribution in [0, 0.1) is 0 Å². The first kappa shape index (κ1) is 13.2. The molecule has 1 aromatic rings. The minimum absolute atomic E-state index is 0.214. The summed E-state index contributed by atoms with van der Waals surface area (Å²) in [5.74, 6) is 0.425. The Balaban J connectivity index is 2.79. The molecule has 1 rings (SSSR count). The lowest BCUT2D eigenvalue weighted by atomic mass is 9.85. The molecule has 0 aliphatic carbocycles. The summed E-state index contributed by atoms with van der Waals surface area (Å²) in [4.78, 5) is 0. The predicted octanol–water partition coefficient (Wildman–Crippen LogP) is 3.86. The van der Waals surface area contributed by atoms with E-state index < -0.39 is 0 Å². The van der Waals surface area contributed by atoms with Crippen LogP contribution in [0.4, 0.5) is 0 Å². The first-order valence-electron chi connectivity index (χ1n) is 6.09. The van der Waals surface area contributed by atoms with Gasteiger partial charge in [-0.25, -0.2) is 0 Å². The normalized spacial score (nSPS) is 15.9. The Kier molecular flexibility index (Phi) is 4.15. The fraction of sp³-hybridized carbons (Fsp3) is 0.600. The maximum Gasteiger partial charge on any atom is 0.0517 e. The van der Waals surface area contributed by atoms with Gasteiger partial charge in [0.15, 0.2) is 0 Å². The van der Waals surface area contributed by atoms with E-state index >= 15 is 0 Å². The van der Waals surface area contributed by atoms with E-state index in [9.17, 15) is 5.11 Å². The van der Waals surface area contributed by atoms with Gasteiger partial charge in [-0.05, 0) is 35.8 Å². The molecule has 2 atom stereocenters. The summed E-state index contributed by atoms with van der Waals surface area (Å²) in [6, 6.07) is 8.78. The van der Waals surface area contributed by atoms with Crippen molar-refractivity contribution in [3.05, 3.63) is 35.4 Å². The van der Waals surface area contributed by atoms with E-state index in [-0.39, 0.29) is 11.5 Å². The Morgan fingerprint density at radius 2 is 1.56 bits per heavy atom. The van der Waals surface area contributed by atoms with Gasteiger partial charge in [0.2, 0.25) is 0 Å². The fourth-order valence-corrected chi connectivity index (χ4v) is 1.96. The third kappa shape index (κ3) is 3.64. The van der Waals surface area contributed by atoms with Crippen LogP contribution in [0.1, 0.15) is 58.1 Å². The largest absolute Gasteiger partial charge is 0.393 e. The molecule has 90 valence electrons. The first-order chi connectivity index (χ1) is 7.30. The van der Waals surface area contributed by atoms with Crippen LogP contribution in [0.2, 0.25) is 0 Å². The summed E-state index contributed by atoms with van der Waals surface area (Å²) in [6.45, 7) is 10.7. The van der Waals surface area contributed by atoms with E-state index in [1.54, 1.807) is 0 Å². The highest BCUT2D eigenvalue weighted by atomic mass is 16.3. The Hall–Kier alpha value is -0.820. The van der Waals surface area contributed by atoms with Gasteiger partial charge >= 0.3 is 0 Å². The number of hydrogen-bond acceptors (Lipinski definition) is 1. The summed E-state index contributed by atoms with van der Waals surface area (Å²) in [5, 5.41) is 9.37. The lowest BCUT2D eigenvalue weighted by Gasteiger charge is -2.20. The summed E-state index contributed by atoms with van der Waals surface area (Å²) < 4.78 is 0. The Morgan fingerprint density at radius 3 is 1.94 bits per heavy atom. The highest BCUT2D eigenvalue weighted by Crippen LogP contribution is 2.26. The van der Waals surface area contributed by atoms with E-state index in [1.807, 2.05) is 6.92 Å². The fourth-order valence-electron chi connectivity index (χ4n) is 1.96. The zero-order valence-corrected chi connectivity index (χ0v) is 11.1. The second-order valence-corrected chi connectivity index (χ2v) is 5.86. The highest BCUT2D eigenvalue weighted by molar-refractivity contribution is 5.29. The molecule has 0 aromatic heterocycles. The second-order valence-electron chi connectivity index (χ2n) is 5.86. The Morgan fingerprint density at radius 1 is 1.06 bits per heavy atom. The van der Waals surface area contributed by atoms with Crippen LogP contribution in [0.5, 0.6) is 0 Å². The zero-order chi connectivity index (χ0) is 12.3. The van der Waals surface area contributed by atoms with Gasteiger partial charge in [0.05, 0.1) is 6.10 Å². The number of aliphatic hydroxyl groups is 1. The van der Waals surface area contributed by atoms with Crippen molar-refractivity contribution >= 4 is 0 Å². The van der Waals surface area contributed by atoms with Crippen molar-refractivity contribution in [1.82, 2.24) is 0 Å². The predicted molar refractivity (Wildman–Crippen MR) is 69.9 cm³/mol. The lowest BCUT2D eigenvalue weighted by Crippen LogP contribution is -2.11. The molecule has 1 aromatic carbocycles. The van der Waals surface area contributed by atoms with Gasteiger partial charge < -0.3 is 5.11 Å². The van der Waals surface area contributed by atoms with Crippen LogP contribution in [-0.4, -0.2) is 11.2 Å². The minimum Gasteiger partial charge on any atom is -0.393 e. The van der Waals surface area contributed by atoms with Crippen LogP contribution in [0.3, 0.4) is 0 Å². The van der Waals surface area contributed by atoms with Crippen molar-refractivity contribution in [2.75, 3.05) is 0 Å². The Labute approximate surface area is 99.5 Å². The molecule has 0 aliphatic rings. The molecular formula is C15H24O. The smallest absolute Gasteiger partial charge is 0.0517 e. The van der Waals surface area contributed by atoms with Gasteiger partial charge in [-0.3, -0.25) is 0 Å². The maximum absolute atomic E-state index is 9.37. The average molecular weight is 220 g/mol. The molecule has 1 heteroatoms. The zero-order valence-electron chi connectivity index (χ0n) is 11.1. The molecular weight excluding hydrogens is 196 g/mol. The SMILES string of the molecule is CC(O)CC(C)c1ccc(C(C)(C)C)cc1. The summed E-state index contributed by atoms with van der Waals surface area (Å²) >= 11 is 0. The van der Waals surface area contributed by atoms with Crippen LogP contribution in [0.25, 0.3) is 0 Å².